The minimum absolute atomic E-state index is 0.0404. The van der Waals surface area contributed by atoms with Gasteiger partial charge in [0.05, 0.1) is 6.10 Å². The van der Waals surface area contributed by atoms with Crippen molar-refractivity contribution in [1.29, 1.82) is 0 Å². The van der Waals surface area contributed by atoms with Crippen LogP contribution in [0, 0.1) is 0 Å². The van der Waals surface area contributed by atoms with Crippen LogP contribution in [0.3, 0.4) is 0 Å². The lowest BCUT2D eigenvalue weighted by atomic mass is 10.0. The van der Waals surface area contributed by atoms with Crippen LogP contribution in [0.25, 0.3) is 0 Å². The van der Waals surface area contributed by atoms with Gasteiger partial charge in [-0.05, 0) is 68.0 Å². The summed E-state index contributed by atoms with van der Waals surface area (Å²) in [5.74, 6) is 2.00. The molecule has 0 bridgehead atoms. The molecule has 2 aromatic carbocycles. The highest BCUT2D eigenvalue weighted by molar-refractivity contribution is 5.77. The monoisotopic (exact) mass is 369 g/mol. The summed E-state index contributed by atoms with van der Waals surface area (Å²) in [4.78, 5) is 11.9. The average molecular weight is 370 g/mol. The predicted molar refractivity (Wildman–Crippen MR) is 110 cm³/mol. The summed E-state index contributed by atoms with van der Waals surface area (Å²) in [5, 5.41) is 2.90. The lowest BCUT2D eigenvalue weighted by Crippen LogP contribution is -2.29. The second kappa shape index (κ2) is 10.6. The van der Waals surface area contributed by atoms with Gasteiger partial charge in [0.15, 0.2) is 6.61 Å². The second-order valence-electron chi connectivity index (χ2n) is 7.28. The fourth-order valence-corrected chi connectivity index (χ4v) is 2.72. The van der Waals surface area contributed by atoms with Crippen molar-refractivity contribution in [2.24, 2.45) is 0 Å². The number of aryl methyl sites for hydroxylation is 1. The number of nitrogens with one attached hydrogen (secondary N) is 1. The van der Waals surface area contributed by atoms with E-state index in [9.17, 15) is 4.79 Å². The molecule has 0 saturated carbocycles. The topological polar surface area (TPSA) is 47.6 Å². The molecule has 0 saturated heterocycles. The SMILES string of the molecule is CC(C)Oc1cccc(CCCNC(=O)COc2ccc(C(C)C)cc2)c1. The van der Waals surface area contributed by atoms with Gasteiger partial charge in [-0.15, -0.1) is 0 Å². The minimum atomic E-state index is -0.0974. The molecule has 4 nitrogen and oxygen atoms in total. The number of hydrogen-bond donors (Lipinski definition) is 1. The highest BCUT2D eigenvalue weighted by Gasteiger charge is 2.04. The highest BCUT2D eigenvalue weighted by atomic mass is 16.5. The summed E-state index contributed by atoms with van der Waals surface area (Å²) in [7, 11) is 0. The van der Waals surface area contributed by atoms with Gasteiger partial charge in [0.2, 0.25) is 0 Å². The highest BCUT2D eigenvalue weighted by Crippen LogP contribution is 2.18. The van der Waals surface area contributed by atoms with E-state index in [4.69, 9.17) is 9.47 Å². The van der Waals surface area contributed by atoms with Gasteiger partial charge in [-0.3, -0.25) is 4.79 Å². The van der Waals surface area contributed by atoms with Crippen molar-refractivity contribution in [1.82, 2.24) is 5.32 Å². The average Bonchev–Trinajstić information content (AvgIpc) is 2.63. The number of carbonyl (C=O) groups is 1. The van der Waals surface area contributed by atoms with Gasteiger partial charge in [-0.25, -0.2) is 0 Å². The molecule has 0 aliphatic carbocycles. The van der Waals surface area contributed by atoms with Gasteiger partial charge in [-0.2, -0.15) is 0 Å². The van der Waals surface area contributed by atoms with Crippen molar-refractivity contribution in [2.45, 2.75) is 52.6 Å². The van der Waals surface area contributed by atoms with E-state index in [1.807, 2.05) is 50.2 Å². The third-order valence-electron chi connectivity index (χ3n) is 4.15. The molecule has 0 aliphatic heterocycles. The van der Waals surface area contributed by atoms with Crippen LogP contribution >= 0.6 is 0 Å². The normalized spacial score (nSPS) is 10.9. The maximum atomic E-state index is 11.9. The fourth-order valence-electron chi connectivity index (χ4n) is 2.72. The van der Waals surface area contributed by atoms with Crippen LogP contribution in [0.4, 0.5) is 0 Å². The first-order valence-corrected chi connectivity index (χ1v) is 9.69. The van der Waals surface area contributed by atoms with Crippen LogP contribution in [-0.2, 0) is 11.2 Å². The van der Waals surface area contributed by atoms with Crippen LogP contribution < -0.4 is 14.8 Å². The Hall–Kier alpha value is -2.49. The van der Waals surface area contributed by atoms with Crippen molar-refractivity contribution >= 4 is 5.91 Å². The molecule has 1 amide bonds. The second-order valence-corrected chi connectivity index (χ2v) is 7.28. The molecule has 2 rings (SSSR count). The number of carbonyl (C=O) groups excluding carboxylic acids is 1. The van der Waals surface area contributed by atoms with E-state index >= 15 is 0 Å². The lowest BCUT2D eigenvalue weighted by Gasteiger charge is -2.11. The van der Waals surface area contributed by atoms with Gasteiger partial charge < -0.3 is 14.8 Å². The van der Waals surface area contributed by atoms with E-state index in [0.29, 0.717) is 12.5 Å². The molecule has 1 N–H and O–H groups in total. The number of amides is 1. The summed E-state index contributed by atoms with van der Waals surface area (Å²) in [5.41, 5.74) is 2.47. The zero-order chi connectivity index (χ0) is 19.6. The van der Waals surface area contributed by atoms with Gasteiger partial charge in [-0.1, -0.05) is 38.1 Å². The number of rotatable bonds is 10. The van der Waals surface area contributed by atoms with Gasteiger partial charge in [0, 0.05) is 6.54 Å². The smallest absolute Gasteiger partial charge is 0.257 e. The Kier molecular flexibility index (Phi) is 8.18. The summed E-state index contributed by atoms with van der Waals surface area (Å²) in [6.07, 6.45) is 1.94. The molecule has 0 spiro atoms. The van der Waals surface area contributed by atoms with E-state index < -0.39 is 0 Å². The van der Waals surface area contributed by atoms with Crippen molar-refractivity contribution in [3.63, 3.8) is 0 Å². The largest absolute Gasteiger partial charge is 0.491 e. The molecule has 2 aromatic rings. The third-order valence-corrected chi connectivity index (χ3v) is 4.15. The number of ether oxygens (including phenoxy) is 2. The summed E-state index contributed by atoms with van der Waals surface area (Å²) in [6, 6.07) is 16.0. The Morgan fingerprint density at radius 3 is 2.41 bits per heavy atom. The van der Waals surface area contributed by atoms with Crippen molar-refractivity contribution in [2.75, 3.05) is 13.2 Å². The first-order chi connectivity index (χ1) is 12.9. The van der Waals surface area contributed by atoms with Crippen molar-refractivity contribution in [3.8, 4) is 11.5 Å². The molecule has 0 fully saturated rings. The molecule has 0 aliphatic rings. The molecule has 146 valence electrons. The molecule has 0 heterocycles. The van der Waals surface area contributed by atoms with Crippen LogP contribution in [0.1, 0.15) is 51.2 Å². The van der Waals surface area contributed by atoms with Crippen LogP contribution in [-0.4, -0.2) is 25.2 Å². The van der Waals surface area contributed by atoms with E-state index in [2.05, 4.69) is 31.3 Å². The van der Waals surface area contributed by atoms with Crippen molar-refractivity contribution in [3.05, 3.63) is 59.7 Å². The number of benzene rings is 2. The van der Waals surface area contributed by atoms with Crippen LogP contribution in [0.2, 0.25) is 0 Å². The molecule has 0 aromatic heterocycles. The van der Waals surface area contributed by atoms with Crippen molar-refractivity contribution < 1.29 is 14.3 Å². The Morgan fingerprint density at radius 1 is 1.00 bits per heavy atom. The maximum absolute atomic E-state index is 11.9. The Labute approximate surface area is 162 Å². The minimum Gasteiger partial charge on any atom is -0.491 e. The van der Waals surface area contributed by atoms with Crippen LogP contribution in [0.15, 0.2) is 48.5 Å². The van der Waals surface area contributed by atoms with Gasteiger partial charge >= 0.3 is 0 Å². The Morgan fingerprint density at radius 2 is 1.74 bits per heavy atom. The predicted octanol–water partition coefficient (Wildman–Crippen LogP) is 4.73. The Balaban J connectivity index is 1.66. The molecular formula is C23H31NO3. The van der Waals surface area contributed by atoms with E-state index in [1.54, 1.807) is 0 Å². The fraction of sp³-hybridized carbons (Fsp3) is 0.435. The maximum Gasteiger partial charge on any atom is 0.257 e. The summed E-state index contributed by atoms with van der Waals surface area (Å²) < 4.78 is 11.2. The van der Waals surface area contributed by atoms with Gasteiger partial charge in [0.1, 0.15) is 11.5 Å². The number of hydrogen-bond acceptors (Lipinski definition) is 3. The quantitative estimate of drug-likeness (QED) is 0.616. The molecule has 0 unspecified atom stereocenters. The summed E-state index contributed by atoms with van der Waals surface area (Å²) in [6.45, 7) is 9.00. The van der Waals surface area contributed by atoms with E-state index in [1.165, 1.54) is 11.1 Å². The first-order valence-electron chi connectivity index (χ1n) is 9.69. The molecule has 0 atom stereocenters. The zero-order valence-electron chi connectivity index (χ0n) is 16.8. The third kappa shape index (κ3) is 7.73. The zero-order valence-corrected chi connectivity index (χ0v) is 16.8. The standard InChI is InChI=1S/C23H31NO3/c1-17(2)20-10-12-21(13-11-20)26-16-23(25)24-14-6-8-19-7-5-9-22(15-19)27-18(3)4/h5,7,9-13,15,17-18H,6,8,14,16H2,1-4H3,(H,24,25). The molecule has 4 heteroatoms. The van der Waals surface area contributed by atoms with Crippen LogP contribution in [0.5, 0.6) is 11.5 Å². The molecule has 27 heavy (non-hydrogen) atoms. The van der Waals surface area contributed by atoms with Gasteiger partial charge in [0.25, 0.3) is 5.91 Å². The lowest BCUT2D eigenvalue weighted by molar-refractivity contribution is -0.123. The summed E-state index contributed by atoms with van der Waals surface area (Å²) >= 11 is 0. The molecule has 0 radical (unpaired) electrons. The molecular weight excluding hydrogens is 338 g/mol. The van der Waals surface area contributed by atoms with E-state index in [0.717, 1.165) is 24.3 Å². The van der Waals surface area contributed by atoms with E-state index in [-0.39, 0.29) is 18.6 Å². The first kappa shape index (κ1) is 20.8. The Bertz CT molecular complexity index is 708.